The molecule has 0 aliphatic carbocycles. The Hall–Kier alpha value is -2.91. The number of Topliss-reactive ketones (excluding diaryl/α,β-unsaturated/α-hetero) is 1. The van der Waals surface area contributed by atoms with Gasteiger partial charge in [0.2, 0.25) is 18.1 Å². The highest BCUT2D eigenvalue weighted by Crippen LogP contribution is 2.41. The van der Waals surface area contributed by atoms with Crippen molar-refractivity contribution in [3.63, 3.8) is 0 Å². The fourth-order valence-corrected chi connectivity index (χ4v) is 3.91. The molecule has 0 N–H and O–H groups in total. The molecule has 33 heavy (non-hydrogen) atoms. The van der Waals surface area contributed by atoms with E-state index >= 15 is 0 Å². The minimum absolute atomic E-state index is 0. The zero-order chi connectivity index (χ0) is 22.8. The topological polar surface area (TPSA) is 66.5 Å². The summed E-state index contributed by atoms with van der Waals surface area (Å²) in [6, 6.07) is 13.1. The van der Waals surface area contributed by atoms with Crippen molar-refractivity contribution in [2.75, 3.05) is 21.3 Å². The maximum atomic E-state index is 12.7. The maximum absolute atomic E-state index is 12.7. The SMILES string of the molecule is COc1cc(-c2nc3c[n+](CC(=O)c4ccc(Br)cc4)ccc3n2C)cc(OC)c1OC.[Br-]. The number of methoxy groups -OCH3 is 3. The summed E-state index contributed by atoms with van der Waals surface area (Å²) in [7, 11) is 6.69. The highest BCUT2D eigenvalue weighted by Gasteiger charge is 2.20. The number of hydrogen-bond donors (Lipinski definition) is 0. The van der Waals surface area contributed by atoms with Gasteiger partial charge >= 0.3 is 0 Å². The van der Waals surface area contributed by atoms with Gasteiger partial charge in [0.05, 0.1) is 26.8 Å². The van der Waals surface area contributed by atoms with Crippen molar-refractivity contribution in [3.8, 4) is 28.6 Å². The normalized spacial score (nSPS) is 10.6. The van der Waals surface area contributed by atoms with Crippen LogP contribution in [0.2, 0.25) is 0 Å². The van der Waals surface area contributed by atoms with Crippen molar-refractivity contribution in [2.24, 2.45) is 7.05 Å². The fraction of sp³-hybridized carbons (Fsp3) is 0.208. The van der Waals surface area contributed by atoms with Crippen LogP contribution in [0.25, 0.3) is 22.4 Å². The summed E-state index contributed by atoms with van der Waals surface area (Å²) in [5.74, 6) is 2.42. The van der Waals surface area contributed by atoms with Crippen LogP contribution in [0.5, 0.6) is 17.2 Å². The van der Waals surface area contributed by atoms with Crippen molar-refractivity contribution in [3.05, 3.63) is 64.9 Å². The molecule has 4 aromatic rings. The van der Waals surface area contributed by atoms with Crippen LogP contribution >= 0.6 is 15.9 Å². The average Bonchev–Trinajstić information content (AvgIpc) is 3.14. The van der Waals surface area contributed by atoms with Gasteiger partial charge in [-0.2, -0.15) is 4.57 Å². The lowest BCUT2D eigenvalue weighted by Gasteiger charge is -2.14. The molecule has 0 bridgehead atoms. The Balaban J connectivity index is 0.00000306. The van der Waals surface area contributed by atoms with Gasteiger partial charge in [-0.05, 0) is 24.3 Å². The first kappa shape index (κ1) is 24.7. The number of imidazole rings is 1. The van der Waals surface area contributed by atoms with Gasteiger partial charge < -0.3 is 35.8 Å². The zero-order valence-corrected chi connectivity index (χ0v) is 21.8. The van der Waals surface area contributed by atoms with Crippen LogP contribution in [-0.2, 0) is 13.6 Å². The van der Waals surface area contributed by atoms with Gasteiger partial charge in [-0.15, -0.1) is 0 Å². The second-order valence-corrected chi connectivity index (χ2v) is 8.14. The first-order valence-electron chi connectivity index (χ1n) is 9.89. The highest BCUT2D eigenvalue weighted by molar-refractivity contribution is 9.10. The number of aryl methyl sites for hydroxylation is 1. The summed E-state index contributed by atoms with van der Waals surface area (Å²) in [6.07, 6.45) is 3.77. The summed E-state index contributed by atoms with van der Waals surface area (Å²) in [5, 5.41) is 0. The van der Waals surface area contributed by atoms with Crippen LogP contribution in [0, 0.1) is 0 Å². The number of pyridine rings is 1. The summed E-state index contributed by atoms with van der Waals surface area (Å²) in [5.41, 5.74) is 3.22. The monoisotopic (exact) mass is 575 g/mol. The van der Waals surface area contributed by atoms with E-state index in [1.807, 2.05) is 71.0 Å². The number of nitrogens with zero attached hydrogens (tertiary/aromatic N) is 3. The summed E-state index contributed by atoms with van der Waals surface area (Å²) >= 11 is 3.39. The van der Waals surface area contributed by atoms with E-state index in [0.29, 0.717) is 22.8 Å². The smallest absolute Gasteiger partial charge is 0.227 e. The molecule has 0 spiro atoms. The van der Waals surface area contributed by atoms with Crippen molar-refractivity contribution >= 4 is 32.7 Å². The molecule has 0 radical (unpaired) electrons. The van der Waals surface area contributed by atoms with Crippen molar-refractivity contribution in [1.82, 2.24) is 9.55 Å². The zero-order valence-electron chi connectivity index (χ0n) is 18.6. The van der Waals surface area contributed by atoms with E-state index in [-0.39, 0.29) is 29.3 Å². The molecule has 2 aromatic carbocycles. The lowest BCUT2D eigenvalue weighted by Crippen LogP contribution is -3.00. The minimum atomic E-state index is 0. The quantitative estimate of drug-likeness (QED) is 0.244. The van der Waals surface area contributed by atoms with Gasteiger partial charge in [0.15, 0.2) is 29.4 Å². The summed E-state index contributed by atoms with van der Waals surface area (Å²) in [6.45, 7) is 0.230. The first-order chi connectivity index (χ1) is 15.4. The number of aromatic nitrogens is 3. The van der Waals surface area contributed by atoms with E-state index in [4.69, 9.17) is 19.2 Å². The molecule has 2 aromatic heterocycles. The van der Waals surface area contributed by atoms with Gasteiger partial charge in [0.1, 0.15) is 5.82 Å². The predicted molar refractivity (Wildman–Crippen MR) is 124 cm³/mol. The lowest BCUT2D eigenvalue weighted by molar-refractivity contribution is -0.681. The van der Waals surface area contributed by atoms with E-state index < -0.39 is 0 Å². The molecule has 0 saturated carbocycles. The van der Waals surface area contributed by atoms with Crippen LogP contribution in [-0.4, -0.2) is 36.7 Å². The van der Waals surface area contributed by atoms with Gasteiger partial charge in [0, 0.05) is 28.7 Å². The molecule has 0 atom stereocenters. The van der Waals surface area contributed by atoms with Crippen LogP contribution in [0.3, 0.4) is 0 Å². The Morgan fingerprint density at radius 2 is 1.67 bits per heavy atom. The molecule has 0 saturated heterocycles. The Bertz CT molecular complexity index is 1280. The lowest BCUT2D eigenvalue weighted by atomic mass is 10.1. The van der Waals surface area contributed by atoms with Crippen LogP contribution in [0.4, 0.5) is 0 Å². The molecular formula is C24H23Br2N3O4. The Morgan fingerprint density at radius 1 is 1.03 bits per heavy atom. The standard InChI is InChI=1S/C24H23BrN3O4.BrH/c1-27-19-9-10-28(14-20(29)15-5-7-17(25)8-6-15)13-18(19)26-24(27)16-11-21(30-2)23(32-4)22(12-16)31-3;/h5-13H,14H2,1-4H3;1H/q+1;/p-1. The largest absolute Gasteiger partial charge is 1.00 e. The highest BCUT2D eigenvalue weighted by atomic mass is 79.9. The summed E-state index contributed by atoms with van der Waals surface area (Å²) in [4.78, 5) is 17.5. The third-order valence-electron chi connectivity index (χ3n) is 5.30. The number of rotatable bonds is 7. The number of carbonyl (C=O) groups excluding carboxylic acids is 1. The molecule has 9 heteroatoms. The first-order valence-corrected chi connectivity index (χ1v) is 10.7. The van der Waals surface area contributed by atoms with Gasteiger partial charge in [0.25, 0.3) is 0 Å². The number of ketones is 1. The predicted octanol–water partition coefficient (Wildman–Crippen LogP) is 1.20. The molecule has 0 unspecified atom stereocenters. The number of hydrogen-bond acceptors (Lipinski definition) is 5. The Kier molecular flexibility index (Phi) is 7.76. The van der Waals surface area contributed by atoms with Gasteiger partial charge in [-0.25, -0.2) is 4.98 Å². The fourth-order valence-electron chi connectivity index (χ4n) is 3.65. The Labute approximate surface area is 210 Å². The molecule has 7 nitrogen and oxygen atoms in total. The van der Waals surface area contributed by atoms with Crippen molar-refractivity contribution in [1.29, 1.82) is 0 Å². The average molecular weight is 577 g/mol. The van der Waals surface area contributed by atoms with E-state index in [1.54, 1.807) is 21.3 Å². The van der Waals surface area contributed by atoms with Crippen molar-refractivity contribution in [2.45, 2.75) is 6.54 Å². The molecule has 0 fully saturated rings. The molecule has 4 rings (SSSR count). The van der Waals surface area contributed by atoms with E-state index in [1.165, 1.54) is 0 Å². The van der Waals surface area contributed by atoms with Crippen LogP contribution < -0.4 is 35.8 Å². The van der Waals surface area contributed by atoms with Gasteiger partial charge in [-0.3, -0.25) is 4.79 Å². The molecular weight excluding hydrogens is 554 g/mol. The van der Waals surface area contributed by atoms with Crippen molar-refractivity contribution < 1.29 is 40.6 Å². The second kappa shape index (κ2) is 10.4. The number of ether oxygens (including phenoxy) is 3. The minimum Gasteiger partial charge on any atom is -1.00 e. The molecule has 0 amide bonds. The number of benzene rings is 2. The second-order valence-electron chi connectivity index (χ2n) is 7.23. The molecule has 0 aliphatic rings. The molecule has 172 valence electrons. The van der Waals surface area contributed by atoms with E-state index in [0.717, 1.165) is 26.9 Å². The van der Waals surface area contributed by atoms with E-state index in [2.05, 4.69) is 15.9 Å². The van der Waals surface area contributed by atoms with Gasteiger partial charge in [-0.1, -0.05) is 28.1 Å². The maximum Gasteiger partial charge on any atom is 0.227 e. The third-order valence-corrected chi connectivity index (χ3v) is 5.82. The van der Waals surface area contributed by atoms with Crippen LogP contribution in [0.15, 0.2) is 59.3 Å². The molecule has 2 heterocycles. The number of fused-ring (bicyclic) bond motifs is 1. The number of halogens is 2. The Morgan fingerprint density at radius 3 is 2.24 bits per heavy atom. The number of carbonyl (C=O) groups is 1. The van der Waals surface area contributed by atoms with Crippen LogP contribution in [0.1, 0.15) is 10.4 Å². The molecule has 0 aliphatic heterocycles. The van der Waals surface area contributed by atoms with E-state index in [9.17, 15) is 4.79 Å². The summed E-state index contributed by atoms with van der Waals surface area (Å²) < 4.78 is 21.2. The third kappa shape index (κ3) is 4.89.